The SMILES string of the molecule is CCCC(=O)Nc1ccc(S(=O)(=O)O)c(-c2ccc(Cl)cc2CN(Cc2ccco2)C(=O)c2c(Cl)cccc2Cl)c1. The van der Waals surface area contributed by atoms with Crippen molar-refractivity contribution >= 4 is 62.4 Å². The molecule has 2 N–H and O–H groups in total. The monoisotopic (exact) mass is 634 g/mol. The molecule has 0 aliphatic heterocycles. The fraction of sp³-hybridized carbons (Fsp3) is 0.172. The first-order chi connectivity index (χ1) is 19.5. The van der Waals surface area contributed by atoms with Crippen LogP contribution in [0.25, 0.3) is 11.1 Å². The largest absolute Gasteiger partial charge is 0.467 e. The Hall–Kier alpha value is -3.34. The van der Waals surface area contributed by atoms with Gasteiger partial charge >= 0.3 is 0 Å². The van der Waals surface area contributed by atoms with Crippen LogP contribution in [-0.2, 0) is 28.0 Å². The summed E-state index contributed by atoms with van der Waals surface area (Å²) in [5.74, 6) is -0.274. The maximum Gasteiger partial charge on any atom is 0.295 e. The summed E-state index contributed by atoms with van der Waals surface area (Å²) in [6, 6.07) is 16.9. The zero-order valence-corrected chi connectivity index (χ0v) is 24.8. The van der Waals surface area contributed by atoms with Crippen LogP contribution in [0.15, 0.2) is 82.3 Å². The van der Waals surface area contributed by atoms with Crippen LogP contribution < -0.4 is 5.32 Å². The molecule has 0 atom stereocenters. The minimum atomic E-state index is -4.68. The smallest absolute Gasteiger partial charge is 0.295 e. The molecule has 0 unspecified atom stereocenters. The Bertz CT molecular complexity index is 1670. The van der Waals surface area contributed by atoms with Gasteiger partial charge in [0.1, 0.15) is 10.7 Å². The molecule has 1 heterocycles. The van der Waals surface area contributed by atoms with Crippen LogP contribution in [0.2, 0.25) is 15.1 Å². The predicted molar refractivity (Wildman–Crippen MR) is 159 cm³/mol. The predicted octanol–water partition coefficient (Wildman–Crippen LogP) is 7.73. The Morgan fingerprint density at radius 2 is 1.66 bits per heavy atom. The maximum absolute atomic E-state index is 13.8. The number of furan rings is 1. The van der Waals surface area contributed by atoms with Gasteiger partial charge in [0.25, 0.3) is 16.0 Å². The van der Waals surface area contributed by atoms with Crippen molar-refractivity contribution in [3.63, 3.8) is 0 Å². The van der Waals surface area contributed by atoms with E-state index in [-0.39, 0.29) is 51.5 Å². The summed E-state index contributed by atoms with van der Waals surface area (Å²) in [5.41, 5.74) is 1.33. The number of amides is 2. The fourth-order valence-electron chi connectivity index (χ4n) is 4.31. The van der Waals surface area contributed by atoms with E-state index in [1.165, 1.54) is 29.4 Å². The maximum atomic E-state index is 13.8. The first-order valence-corrected chi connectivity index (χ1v) is 15.0. The van der Waals surface area contributed by atoms with Gasteiger partial charge in [-0.25, -0.2) is 0 Å². The zero-order chi connectivity index (χ0) is 29.7. The Labute approximate surface area is 252 Å². The second kappa shape index (κ2) is 13.1. The molecule has 4 rings (SSSR count). The second-order valence-corrected chi connectivity index (χ2v) is 11.8. The molecule has 0 radical (unpaired) electrons. The average Bonchev–Trinajstić information content (AvgIpc) is 3.41. The van der Waals surface area contributed by atoms with Crippen LogP contribution in [0.3, 0.4) is 0 Å². The third-order valence-corrected chi connectivity index (χ3v) is 7.90. The van der Waals surface area contributed by atoms with Gasteiger partial charge in [0.15, 0.2) is 0 Å². The minimum absolute atomic E-state index is 0.0254. The summed E-state index contributed by atoms with van der Waals surface area (Å²) in [5, 5.41) is 3.37. The molecular weight excluding hydrogens is 611 g/mol. The Morgan fingerprint density at radius 3 is 2.29 bits per heavy atom. The van der Waals surface area contributed by atoms with E-state index in [0.717, 1.165) is 0 Å². The lowest BCUT2D eigenvalue weighted by atomic mass is 9.98. The summed E-state index contributed by atoms with van der Waals surface area (Å²) >= 11 is 19.1. The molecule has 3 aromatic carbocycles. The standard InChI is InChI=1S/C29H25Cl3N2O6S/c1-2-5-27(35)33-20-10-12-26(41(37,38)39)23(15-20)22-11-9-19(30)14-18(22)16-34(17-21-6-4-13-40-21)29(36)28-24(31)7-3-8-25(28)32/h3-4,6-15H,2,5,16-17H2,1H3,(H,33,35)(H,37,38,39). The van der Waals surface area contributed by atoms with Gasteiger partial charge in [-0.1, -0.05) is 53.9 Å². The van der Waals surface area contributed by atoms with E-state index in [1.807, 2.05) is 6.92 Å². The molecule has 0 saturated carbocycles. The van der Waals surface area contributed by atoms with Gasteiger partial charge in [-0.3, -0.25) is 14.1 Å². The van der Waals surface area contributed by atoms with E-state index < -0.39 is 16.0 Å². The van der Waals surface area contributed by atoms with E-state index in [2.05, 4.69) is 5.32 Å². The van der Waals surface area contributed by atoms with Gasteiger partial charge in [0.2, 0.25) is 5.91 Å². The molecule has 0 aliphatic carbocycles. The molecule has 1 aromatic heterocycles. The molecule has 0 aliphatic rings. The Morgan fingerprint density at radius 1 is 0.927 bits per heavy atom. The molecule has 4 aromatic rings. The van der Waals surface area contributed by atoms with Crippen molar-refractivity contribution < 1.29 is 27.0 Å². The number of benzene rings is 3. The molecule has 0 spiro atoms. The molecular formula is C29H25Cl3N2O6S. The highest BCUT2D eigenvalue weighted by Gasteiger charge is 2.26. The molecule has 41 heavy (non-hydrogen) atoms. The molecule has 0 bridgehead atoms. The van der Waals surface area contributed by atoms with Crippen LogP contribution >= 0.6 is 34.8 Å². The van der Waals surface area contributed by atoms with Crippen molar-refractivity contribution in [2.24, 2.45) is 0 Å². The van der Waals surface area contributed by atoms with Gasteiger partial charge < -0.3 is 14.6 Å². The van der Waals surface area contributed by atoms with Crippen molar-refractivity contribution in [3.8, 4) is 11.1 Å². The Balaban J connectivity index is 1.84. The van der Waals surface area contributed by atoms with Gasteiger partial charge in [0, 0.05) is 29.2 Å². The van der Waals surface area contributed by atoms with Gasteiger partial charge in [0.05, 0.1) is 28.4 Å². The fourth-order valence-corrected chi connectivity index (χ4v) is 5.75. The van der Waals surface area contributed by atoms with Crippen molar-refractivity contribution in [1.29, 1.82) is 0 Å². The van der Waals surface area contributed by atoms with Crippen molar-refractivity contribution in [1.82, 2.24) is 4.90 Å². The number of anilines is 1. The minimum Gasteiger partial charge on any atom is -0.467 e. The number of hydrogen-bond acceptors (Lipinski definition) is 5. The van der Waals surface area contributed by atoms with Gasteiger partial charge in [-0.05, 0) is 72.1 Å². The summed E-state index contributed by atoms with van der Waals surface area (Å²) in [6.45, 7) is 1.81. The van der Waals surface area contributed by atoms with E-state index in [9.17, 15) is 22.6 Å². The number of halogens is 3. The number of carbonyl (C=O) groups is 2. The molecule has 2 amide bonds. The van der Waals surface area contributed by atoms with Crippen LogP contribution in [0.5, 0.6) is 0 Å². The number of nitrogens with one attached hydrogen (secondary N) is 1. The summed E-state index contributed by atoms with van der Waals surface area (Å²) in [4.78, 5) is 27.1. The number of hydrogen-bond donors (Lipinski definition) is 2. The van der Waals surface area contributed by atoms with Crippen LogP contribution in [-0.4, -0.2) is 29.7 Å². The van der Waals surface area contributed by atoms with Gasteiger partial charge in [-0.15, -0.1) is 0 Å². The van der Waals surface area contributed by atoms with E-state index >= 15 is 0 Å². The average molecular weight is 636 g/mol. The molecule has 214 valence electrons. The van der Waals surface area contributed by atoms with E-state index in [1.54, 1.807) is 48.5 Å². The normalized spacial score (nSPS) is 11.3. The number of rotatable bonds is 10. The first kappa shape index (κ1) is 30.6. The van der Waals surface area contributed by atoms with Crippen LogP contribution in [0, 0.1) is 0 Å². The summed E-state index contributed by atoms with van der Waals surface area (Å²) in [7, 11) is -4.68. The number of carbonyl (C=O) groups excluding carboxylic acids is 2. The lowest BCUT2D eigenvalue weighted by Crippen LogP contribution is -2.30. The van der Waals surface area contributed by atoms with Crippen LogP contribution in [0.1, 0.15) is 41.4 Å². The van der Waals surface area contributed by atoms with Crippen molar-refractivity contribution in [3.05, 3.63) is 105 Å². The summed E-state index contributed by atoms with van der Waals surface area (Å²) in [6.07, 6.45) is 2.37. The lowest BCUT2D eigenvalue weighted by Gasteiger charge is -2.25. The highest BCUT2D eigenvalue weighted by Crippen LogP contribution is 2.36. The number of nitrogens with zero attached hydrogens (tertiary/aromatic N) is 1. The first-order valence-electron chi connectivity index (χ1n) is 12.4. The molecule has 0 saturated heterocycles. The lowest BCUT2D eigenvalue weighted by molar-refractivity contribution is -0.116. The second-order valence-electron chi connectivity index (χ2n) is 9.12. The molecule has 0 fully saturated rings. The van der Waals surface area contributed by atoms with Gasteiger partial charge in [-0.2, -0.15) is 8.42 Å². The summed E-state index contributed by atoms with van der Waals surface area (Å²) < 4.78 is 40.3. The topological polar surface area (TPSA) is 117 Å². The third-order valence-electron chi connectivity index (χ3n) is 6.13. The zero-order valence-electron chi connectivity index (χ0n) is 21.7. The third kappa shape index (κ3) is 7.49. The van der Waals surface area contributed by atoms with Crippen molar-refractivity contribution in [2.75, 3.05) is 5.32 Å². The van der Waals surface area contributed by atoms with Crippen LogP contribution in [0.4, 0.5) is 5.69 Å². The molecule has 8 nitrogen and oxygen atoms in total. The van der Waals surface area contributed by atoms with E-state index in [0.29, 0.717) is 34.0 Å². The molecule has 12 heteroatoms. The highest BCUT2D eigenvalue weighted by molar-refractivity contribution is 7.86. The van der Waals surface area contributed by atoms with Crippen molar-refractivity contribution in [2.45, 2.75) is 37.8 Å². The quantitative estimate of drug-likeness (QED) is 0.172. The Kier molecular flexibility index (Phi) is 9.78. The highest BCUT2D eigenvalue weighted by atomic mass is 35.5. The van der Waals surface area contributed by atoms with E-state index in [4.69, 9.17) is 39.2 Å².